The maximum Gasteiger partial charge on any atom is 0.335 e. The van der Waals surface area contributed by atoms with Crippen LogP contribution in [-0.4, -0.2) is 30.9 Å². The summed E-state index contributed by atoms with van der Waals surface area (Å²) in [5.74, 6) is -1.37. The average molecular weight is 424 g/mol. The van der Waals surface area contributed by atoms with Gasteiger partial charge in [0.05, 0.1) is 5.69 Å². The van der Waals surface area contributed by atoms with Gasteiger partial charge in [-0.1, -0.05) is 37.1 Å². The minimum Gasteiger partial charge on any atom is -0.371 e. The van der Waals surface area contributed by atoms with E-state index in [0.29, 0.717) is 10.7 Å². The number of amides is 4. The summed E-state index contributed by atoms with van der Waals surface area (Å²) in [6, 6.07) is 11.5. The summed E-state index contributed by atoms with van der Waals surface area (Å²) in [4.78, 5) is 41.0. The molecule has 2 heterocycles. The van der Waals surface area contributed by atoms with E-state index in [2.05, 4.69) is 17.1 Å². The molecule has 1 saturated heterocycles. The van der Waals surface area contributed by atoms with E-state index >= 15 is 0 Å². The lowest BCUT2D eigenvalue weighted by Crippen LogP contribution is -2.54. The number of carbonyl (C=O) groups excluding carboxylic acids is 3. The van der Waals surface area contributed by atoms with Crippen molar-refractivity contribution in [2.75, 3.05) is 22.9 Å². The molecule has 0 radical (unpaired) electrons. The Hall–Kier alpha value is -3.12. The first-order valence-electron chi connectivity index (χ1n) is 10.0. The van der Waals surface area contributed by atoms with Crippen molar-refractivity contribution >= 4 is 46.9 Å². The Morgan fingerprint density at radius 2 is 1.97 bits per heavy atom. The molecular formula is C23H22ClN3O3. The highest BCUT2D eigenvalue weighted by atomic mass is 35.5. The molecule has 7 heteroatoms. The number of hydrogen-bond acceptors (Lipinski definition) is 4. The molecule has 6 nitrogen and oxygen atoms in total. The molecule has 30 heavy (non-hydrogen) atoms. The summed E-state index contributed by atoms with van der Waals surface area (Å²) in [7, 11) is 0. The number of rotatable bonds is 5. The van der Waals surface area contributed by atoms with E-state index in [-0.39, 0.29) is 5.57 Å². The molecule has 2 aliphatic heterocycles. The van der Waals surface area contributed by atoms with Crippen LogP contribution in [0.1, 0.15) is 30.9 Å². The second kappa shape index (κ2) is 8.32. The maximum atomic E-state index is 13.0. The van der Waals surface area contributed by atoms with E-state index in [1.165, 1.54) is 23.4 Å². The van der Waals surface area contributed by atoms with Crippen LogP contribution >= 0.6 is 11.6 Å². The first-order chi connectivity index (χ1) is 14.5. The number of imide groups is 2. The summed E-state index contributed by atoms with van der Waals surface area (Å²) in [6.07, 6.45) is 4.77. The van der Waals surface area contributed by atoms with Crippen LogP contribution in [0.3, 0.4) is 0 Å². The summed E-state index contributed by atoms with van der Waals surface area (Å²) >= 11 is 6.00. The molecule has 2 aromatic rings. The summed E-state index contributed by atoms with van der Waals surface area (Å²) in [5, 5.41) is 2.63. The van der Waals surface area contributed by atoms with Crippen LogP contribution in [0.4, 0.5) is 16.2 Å². The average Bonchev–Trinajstić information content (AvgIpc) is 3.11. The molecule has 4 rings (SSSR count). The summed E-state index contributed by atoms with van der Waals surface area (Å²) in [5.41, 5.74) is 3.39. The zero-order valence-corrected chi connectivity index (χ0v) is 17.4. The highest BCUT2D eigenvalue weighted by Crippen LogP contribution is 2.30. The number of hydrogen-bond donors (Lipinski definition) is 1. The van der Waals surface area contributed by atoms with Gasteiger partial charge in [-0.15, -0.1) is 0 Å². The second-order valence-electron chi connectivity index (χ2n) is 7.42. The molecule has 0 bridgehead atoms. The van der Waals surface area contributed by atoms with Crippen molar-refractivity contribution in [1.29, 1.82) is 0 Å². The van der Waals surface area contributed by atoms with Crippen molar-refractivity contribution in [3.8, 4) is 0 Å². The van der Waals surface area contributed by atoms with Gasteiger partial charge in [0.1, 0.15) is 5.57 Å². The highest BCUT2D eigenvalue weighted by molar-refractivity contribution is 6.39. The van der Waals surface area contributed by atoms with Gasteiger partial charge in [-0.05, 0) is 60.4 Å². The topological polar surface area (TPSA) is 69.7 Å². The van der Waals surface area contributed by atoms with Crippen molar-refractivity contribution in [3.63, 3.8) is 0 Å². The van der Waals surface area contributed by atoms with E-state index in [1.54, 1.807) is 18.2 Å². The predicted octanol–water partition coefficient (Wildman–Crippen LogP) is 4.17. The number of anilines is 2. The Balaban J connectivity index is 1.63. The number of barbiturate groups is 1. The molecule has 2 aromatic carbocycles. The van der Waals surface area contributed by atoms with Crippen molar-refractivity contribution in [3.05, 3.63) is 64.2 Å². The van der Waals surface area contributed by atoms with Crippen LogP contribution in [0.2, 0.25) is 5.02 Å². The van der Waals surface area contributed by atoms with Gasteiger partial charge in [0, 0.05) is 23.8 Å². The van der Waals surface area contributed by atoms with Crippen LogP contribution < -0.4 is 15.1 Å². The van der Waals surface area contributed by atoms with Crippen LogP contribution in [0.25, 0.3) is 6.08 Å². The zero-order chi connectivity index (χ0) is 21.3. The van der Waals surface area contributed by atoms with Crippen LogP contribution in [-0.2, 0) is 16.0 Å². The SMILES string of the molecule is CCCCN1CCc2cc(C=C3C(=O)NC(=O)N(c4cccc(Cl)c4)C3=O)ccc21. The number of benzene rings is 2. The lowest BCUT2D eigenvalue weighted by molar-refractivity contribution is -0.122. The Bertz CT molecular complexity index is 1060. The molecule has 2 aliphatic rings. The lowest BCUT2D eigenvalue weighted by Gasteiger charge is -2.26. The number of carbonyl (C=O) groups is 3. The maximum absolute atomic E-state index is 13.0. The van der Waals surface area contributed by atoms with E-state index in [9.17, 15) is 14.4 Å². The Morgan fingerprint density at radius 1 is 1.13 bits per heavy atom. The minimum absolute atomic E-state index is 0.0876. The molecule has 0 aromatic heterocycles. The predicted molar refractivity (Wildman–Crippen MR) is 118 cm³/mol. The van der Waals surface area contributed by atoms with Crippen molar-refractivity contribution in [2.45, 2.75) is 26.2 Å². The van der Waals surface area contributed by atoms with Gasteiger partial charge in [-0.25, -0.2) is 9.69 Å². The van der Waals surface area contributed by atoms with Crippen molar-refractivity contribution < 1.29 is 14.4 Å². The molecule has 154 valence electrons. The zero-order valence-electron chi connectivity index (χ0n) is 16.7. The third-order valence-electron chi connectivity index (χ3n) is 5.36. The van der Waals surface area contributed by atoms with E-state index in [0.717, 1.165) is 42.8 Å². The van der Waals surface area contributed by atoms with E-state index < -0.39 is 17.8 Å². The molecule has 1 fully saturated rings. The van der Waals surface area contributed by atoms with Crippen LogP contribution in [0.15, 0.2) is 48.0 Å². The monoisotopic (exact) mass is 423 g/mol. The Labute approximate surface area is 180 Å². The normalized spacial score (nSPS) is 17.5. The number of fused-ring (bicyclic) bond motifs is 1. The fourth-order valence-corrected chi connectivity index (χ4v) is 4.02. The number of unbranched alkanes of at least 4 members (excludes halogenated alkanes) is 1. The third kappa shape index (κ3) is 3.83. The van der Waals surface area contributed by atoms with Crippen LogP contribution in [0.5, 0.6) is 0 Å². The smallest absolute Gasteiger partial charge is 0.335 e. The van der Waals surface area contributed by atoms with E-state index in [1.807, 2.05) is 18.2 Å². The van der Waals surface area contributed by atoms with Gasteiger partial charge in [-0.3, -0.25) is 14.9 Å². The van der Waals surface area contributed by atoms with Crippen molar-refractivity contribution in [2.24, 2.45) is 0 Å². The molecule has 0 aliphatic carbocycles. The largest absolute Gasteiger partial charge is 0.371 e. The Morgan fingerprint density at radius 3 is 2.73 bits per heavy atom. The molecular weight excluding hydrogens is 402 g/mol. The molecule has 0 atom stereocenters. The first kappa shape index (κ1) is 20.2. The molecule has 0 saturated carbocycles. The Kier molecular flexibility index (Phi) is 5.59. The third-order valence-corrected chi connectivity index (χ3v) is 5.59. The standard InChI is InChI=1S/C23H22ClN3O3/c1-2-3-10-26-11-9-16-12-15(7-8-20(16)26)13-19-21(28)25-23(30)27(22(19)29)18-6-4-5-17(24)14-18/h4-8,12-14H,2-3,9-11H2,1H3,(H,25,28,30). The van der Waals surface area contributed by atoms with E-state index in [4.69, 9.17) is 11.6 Å². The van der Waals surface area contributed by atoms with Crippen LogP contribution in [0, 0.1) is 0 Å². The fourth-order valence-electron chi connectivity index (χ4n) is 3.83. The van der Waals surface area contributed by atoms with Gasteiger partial charge in [-0.2, -0.15) is 0 Å². The van der Waals surface area contributed by atoms with Gasteiger partial charge >= 0.3 is 6.03 Å². The van der Waals surface area contributed by atoms with Gasteiger partial charge < -0.3 is 4.90 Å². The first-order valence-corrected chi connectivity index (χ1v) is 10.4. The summed E-state index contributed by atoms with van der Waals surface area (Å²) < 4.78 is 0. The molecule has 1 N–H and O–H groups in total. The summed E-state index contributed by atoms with van der Waals surface area (Å²) in [6.45, 7) is 4.18. The number of urea groups is 1. The molecule has 0 spiro atoms. The second-order valence-corrected chi connectivity index (χ2v) is 7.85. The minimum atomic E-state index is -0.787. The van der Waals surface area contributed by atoms with Gasteiger partial charge in [0.25, 0.3) is 11.8 Å². The van der Waals surface area contributed by atoms with Gasteiger partial charge in [0.2, 0.25) is 0 Å². The molecule has 0 unspecified atom stereocenters. The lowest BCUT2D eigenvalue weighted by atomic mass is 10.0. The van der Waals surface area contributed by atoms with Crippen molar-refractivity contribution in [1.82, 2.24) is 5.32 Å². The fraction of sp³-hybridized carbons (Fsp3) is 0.261. The highest BCUT2D eigenvalue weighted by Gasteiger charge is 2.37. The number of nitrogens with zero attached hydrogens (tertiary/aromatic N) is 2. The number of nitrogens with one attached hydrogen (secondary N) is 1. The molecule has 4 amide bonds. The quantitative estimate of drug-likeness (QED) is 0.578. The number of halogens is 1. The van der Waals surface area contributed by atoms with Gasteiger partial charge in [0.15, 0.2) is 0 Å².